The number of benzene rings is 1. The van der Waals surface area contributed by atoms with E-state index in [4.69, 9.17) is 9.56 Å². The van der Waals surface area contributed by atoms with Crippen molar-refractivity contribution in [1.82, 2.24) is 10.3 Å². The molecule has 0 saturated carbocycles. The van der Waals surface area contributed by atoms with Crippen LogP contribution in [0.4, 0.5) is 0 Å². The molecule has 0 aliphatic carbocycles. The molecule has 0 aliphatic rings. The number of sulfonamides is 1. The van der Waals surface area contributed by atoms with Gasteiger partial charge in [-0.05, 0) is 17.7 Å². The third kappa shape index (κ3) is 4.68. The summed E-state index contributed by atoms with van der Waals surface area (Å²) in [5.74, 6) is 0.460. The molecule has 2 aromatic rings. The molecule has 118 valence electrons. The molecule has 8 heteroatoms. The van der Waals surface area contributed by atoms with Crippen molar-refractivity contribution in [2.75, 3.05) is 0 Å². The molecule has 3 N–H and O–H groups in total. The van der Waals surface area contributed by atoms with Gasteiger partial charge >= 0.3 is 0 Å². The third-order valence-electron chi connectivity index (χ3n) is 3.02. The average molecular weight is 323 g/mol. The lowest BCUT2D eigenvalue weighted by Gasteiger charge is -2.05. The van der Waals surface area contributed by atoms with Gasteiger partial charge in [0.2, 0.25) is 15.9 Å². The van der Waals surface area contributed by atoms with Gasteiger partial charge in [-0.3, -0.25) is 4.79 Å². The van der Waals surface area contributed by atoms with Crippen LogP contribution >= 0.6 is 0 Å². The first-order valence-electron chi connectivity index (χ1n) is 6.64. The van der Waals surface area contributed by atoms with Crippen molar-refractivity contribution < 1.29 is 17.6 Å². The van der Waals surface area contributed by atoms with Gasteiger partial charge in [-0.2, -0.15) is 0 Å². The number of carbonyl (C=O) groups is 1. The molecule has 0 radical (unpaired) electrons. The van der Waals surface area contributed by atoms with Crippen LogP contribution in [-0.2, 0) is 27.8 Å². The first-order chi connectivity index (χ1) is 10.3. The largest absolute Gasteiger partial charge is 0.449 e. The predicted octanol–water partition coefficient (Wildman–Crippen LogP) is 0.879. The smallest absolute Gasteiger partial charge is 0.238 e. The Morgan fingerprint density at radius 1 is 1.32 bits per heavy atom. The summed E-state index contributed by atoms with van der Waals surface area (Å²) >= 11 is 0. The number of oxazole rings is 1. The van der Waals surface area contributed by atoms with E-state index < -0.39 is 10.0 Å². The van der Waals surface area contributed by atoms with Gasteiger partial charge in [-0.1, -0.05) is 12.1 Å². The Morgan fingerprint density at radius 2 is 2.00 bits per heavy atom. The number of carbonyl (C=O) groups excluding carboxylic acids is 1. The van der Waals surface area contributed by atoms with Crippen LogP contribution in [0.15, 0.2) is 39.8 Å². The highest BCUT2D eigenvalue weighted by Gasteiger charge is 2.08. The summed E-state index contributed by atoms with van der Waals surface area (Å²) in [6.45, 7) is 2.07. The fourth-order valence-electron chi connectivity index (χ4n) is 1.85. The van der Waals surface area contributed by atoms with E-state index in [1.807, 2.05) is 0 Å². The zero-order chi connectivity index (χ0) is 16.2. The highest BCUT2D eigenvalue weighted by Crippen LogP contribution is 2.09. The maximum Gasteiger partial charge on any atom is 0.238 e. The Labute approximate surface area is 128 Å². The number of hydrogen-bond acceptors (Lipinski definition) is 5. The van der Waals surface area contributed by atoms with Crippen molar-refractivity contribution in [3.05, 3.63) is 47.7 Å². The molecular formula is C14H17N3O4S. The van der Waals surface area contributed by atoms with Crippen LogP contribution in [0.25, 0.3) is 0 Å². The van der Waals surface area contributed by atoms with Crippen molar-refractivity contribution in [3.8, 4) is 0 Å². The summed E-state index contributed by atoms with van der Waals surface area (Å²) in [5.41, 5.74) is 1.53. The molecule has 0 unspecified atom stereocenters. The van der Waals surface area contributed by atoms with Crippen molar-refractivity contribution in [2.45, 2.75) is 31.2 Å². The van der Waals surface area contributed by atoms with Gasteiger partial charge in [-0.25, -0.2) is 18.5 Å². The van der Waals surface area contributed by atoms with E-state index in [-0.39, 0.29) is 10.8 Å². The number of hydrogen-bond donors (Lipinski definition) is 2. The second-order valence-corrected chi connectivity index (χ2v) is 6.38. The van der Waals surface area contributed by atoms with Crippen LogP contribution in [0.5, 0.6) is 0 Å². The lowest BCUT2D eigenvalue weighted by atomic mass is 10.2. The van der Waals surface area contributed by atoms with Crippen molar-refractivity contribution in [1.29, 1.82) is 0 Å². The molecule has 0 bridgehead atoms. The van der Waals surface area contributed by atoms with E-state index in [2.05, 4.69) is 10.3 Å². The van der Waals surface area contributed by atoms with Gasteiger partial charge in [-0.15, -0.1) is 0 Å². The summed E-state index contributed by atoms with van der Waals surface area (Å²) < 4.78 is 27.3. The van der Waals surface area contributed by atoms with Gasteiger partial charge in [0.1, 0.15) is 6.26 Å². The van der Waals surface area contributed by atoms with Crippen LogP contribution in [-0.4, -0.2) is 19.3 Å². The molecule has 0 atom stereocenters. The zero-order valence-corrected chi connectivity index (χ0v) is 12.9. The number of aromatic nitrogens is 1. The van der Waals surface area contributed by atoms with Crippen molar-refractivity contribution in [2.24, 2.45) is 5.14 Å². The number of nitrogens with zero attached hydrogens (tertiary/aromatic N) is 1. The molecule has 2 rings (SSSR count). The summed E-state index contributed by atoms with van der Waals surface area (Å²) in [6.07, 6.45) is 2.35. The predicted molar refractivity (Wildman–Crippen MR) is 79.2 cm³/mol. The monoisotopic (exact) mass is 323 g/mol. The van der Waals surface area contributed by atoms with Crippen molar-refractivity contribution >= 4 is 15.9 Å². The zero-order valence-electron chi connectivity index (χ0n) is 12.1. The number of rotatable bonds is 6. The van der Waals surface area contributed by atoms with E-state index in [9.17, 15) is 13.2 Å². The number of primary sulfonamides is 1. The van der Waals surface area contributed by atoms with Gasteiger partial charge in [0.15, 0.2) is 5.89 Å². The van der Waals surface area contributed by atoms with Gasteiger partial charge in [0.05, 0.1) is 10.6 Å². The number of nitrogens with two attached hydrogens (primary N) is 1. The van der Waals surface area contributed by atoms with Crippen LogP contribution in [0, 0.1) is 6.92 Å². The number of aryl methyl sites for hydroxylation is 2. The van der Waals surface area contributed by atoms with E-state index >= 15 is 0 Å². The Kier molecular flexibility index (Phi) is 4.94. The molecule has 22 heavy (non-hydrogen) atoms. The molecule has 0 fully saturated rings. The van der Waals surface area contributed by atoms with Crippen LogP contribution in [0.1, 0.15) is 23.6 Å². The fraction of sp³-hybridized carbons (Fsp3) is 0.286. The topological polar surface area (TPSA) is 115 Å². The first-order valence-corrected chi connectivity index (χ1v) is 8.18. The second kappa shape index (κ2) is 6.71. The molecule has 1 amide bonds. The van der Waals surface area contributed by atoms with Crippen LogP contribution in [0.2, 0.25) is 0 Å². The molecule has 1 aromatic carbocycles. The number of nitrogens with one attached hydrogen (secondary N) is 1. The summed E-state index contributed by atoms with van der Waals surface area (Å²) in [4.78, 5) is 15.9. The maximum absolute atomic E-state index is 11.7. The minimum atomic E-state index is -3.69. The molecule has 7 nitrogen and oxygen atoms in total. The van der Waals surface area contributed by atoms with Crippen LogP contribution in [0.3, 0.4) is 0 Å². The fourth-order valence-corrected chi connectivity index (χ4v) is 2.37. The van der Waals surface area contributed by atoms with Gasteiger partial charge in [0.25, 0.3) is 0 Å². The highest BCUT2D eigenvalue weighted by atomic mass is 32.2. The first kappa shape index (κ1) is 16.2. The maximum atomic E-state index is 11.7. The van der Waals surface area contributed by atoms with Gasteiger partial charge in [0, 0.05) is 26.3 Å². The average Bonchev–Trinajstić information content (AvgIpc) is 2.88. The lowest BCUT2D eigenvalue weighted by molar-refractivity contribution is -0.121. The minimum absolute atomic E-state index is 0.0454. The van der Waals surface area contributed by atoms with E-state index in [1.165, 1.54) is 18.4 Å². The number of amides is 1. The van der Waals surface area contributed by atoms with E-state index in [0.717, 1.165) is 11.3 Å². The lowest BCUT2D eigenvalue weighted by Crippen LogP contribution is -2.23. The normalized spacial score (nSPS) is 11.4. The third-order valence-corrected chi connectivity index (χ3v) is 3.95. The Bertz CT molecular complexity index is 751. The van der Waals surface area contributed by atoms with Crippen LogP contribution < -0.4 is 10.5 Å². The summed E-state index contributed by atoms with van der Waals surface area (Å²) in [7, 11) is -3.69. The summed E-state index contributed by atoms with van der Waals surface area (Å²) in [6, 6.07) is 6.05. The minimum Gasteiger partial charge on any atom is -0.449 e. The Hall–Kier alpha value is -2.19. The molecule has 0 spiro atoms. The molecular weight excluding hydrogens is 306 g/mol. The standard InChI is InChI=1S/C14H17N3O4S/c1-10-17-12(9-21-10)4-7-14(18)16-8-11-2-5-13(6-3-11)22(15,19)20/h2-3,5-6,9H,4,7-8H2,1H3,(H,16,18)(H2,15,19,20). The quantitative estimate of drug-likeness (QED) is 0.818. The van der Waals surface area contributed by atoms with Gasteiger partial charge < -0.3 is 9.73 Å². The molecule has 0 aliphatic heterocycles. The Morgan fingerprint density at radius 3 is 2.55 bits per heavy atom. The summed E-state index contributed by atoms with van der Waals surface area (Å²) in [5, 5.41) is 7.77. The van der Waals surface area contributed by atoms with Crippen molar-refractivity contribution in [3.63, 3.8) is 0 Å². The molecule has 1 heterocycles. The SMILES string of the molecule is Cc1nc(CCC(=O)NCc2ccc(S(N)(=O)=O)cc2)co1. The highest BCUT2D eigenvalue weighted by molar-refractivity contribution is 7.89. The van der Waals surface area contributed by atoms with E-state index in [1.54, 1.807) is 19.1 Å². The molecule has 0 saturated heterocycles. The second-order valence-electron chi connectivity index (χ2n) is 4.82. The Balaban J connectivity index is 1.81. The molecule has 1 aromatic heterocycles. The van der Waals surface area contributed by atoms with E-state index in [0.29, 0.717) is 25.3 Å².